The van der Waals surface area contributed by atoms with E-state index in [0.717, 1.165) is 12.8 Å². The average Bonchev–Trinajstić information content (AvgIpc) is 2.59. The molecular weight excluding hydrogens is 216 g/mol. The van der Waals surface area contributed by atoms with E-state index in [1.165, 1.54) is 0 Å². The molecular formula is C14H26O3. The average molecular weight is 242 g/mol. The van der Waals surface area contributed by atoms with Crippen LogP contribution in [0.15, 0.2) is 0 Å². The van der Waals surface area contributed by atoms with E-state index in [9.17, 15) is 4.79 Å². The lowest BCUT2D eigenvalue weighted by atomic mass is 9.88. The van der Waals surface area contributed by atoms with Crippen LogP contribution >= 0.6 is 0 Å². The van der Waals surface area contributed by atoms with Crippen molar-refractivity contribution in [2.24, 2.45) is 10.8 Å². The summed E-state index contributed by atoms with van der Waals surface area (Å²) in [5.41, 5.74) is -0.0776. The summed E-state index contributed by atoms with van der Waals surface area (Å²) < 4.78 is 11.2. The fourth-order valence-corrected chi connectivity index (χ4v) is 1.78. The molecule has 0 bridgehead atoms. The maximum Gasteiger partial charge on any atom is 0.169 e. The van der Waals surface area contributed by atoms with Gasteiger partial charge in [-0.2, -0.15) is 0 Å². The number of Topliss-reactive ketones (excluding diaryl/α,β-unsaturated/α-hetero) is 1. The molecule has 17 heavy (non-hydrogen) atoms. The topological polar surface area (TPSA) is 35.5 Å². The highest BCUT2D eigenvalue weighted by Crippen LogP contribution is 2.28. The first kappa shape index (κ1) is 14.7. The normalized spacial score (nSPS) is 26.2. The molecule has 0 radical (unpaired) electrons. The standard InChI is InChI=1S/C14H26O3/c1-13(2,3)8-7-11-16-9-10(17-11)12(15)14(4,5)6/h10-11H,7-9H2,1-6H3. The molecule has 0 aromatic rings. The molecule has 100 valence electrons. The van der Waals surface area contributed by atoms with Gasteiger partial charge in [0, 0.05) is 5.41 Å². The first-order valence-electron chi connectivity index (χ1n) is 6.41. The highest BCUT2D eigenvalue weighted by atomic mass is 16.7. The van der Waals surface area contributed by atoms with E-state index in [0.29, 0.717) is 6.61 Å². The van der Waals surface area contributed by atoms with Crippen LogP contribution in [0.1, 0.15) is 54.4 Å². The molecule has 3 heteroatoms. The Hall–Kier alpha value is -0.410. The quantitative estimate of drug-likeness (QED) is 0.762. The van der Waals surface area contributed by atoms with Gasteiger partial charge in [0.2, 0.25) is 0 Å². The van der Waals surface area contributed by atoms with Gasteiger partial charge in [0.1, 0.15) is 6.10 Å². The molecule has 1 rings (SSSR count). The molecule has 0 aromatic carbocycles. The second-order valence-corrected chi connectivity index (χ2v) is 7.10. The zero-order valence-corrected chi connectivity index (χ0v) is 12.0. The first-order chi connectivity index (χ1) is 7.59. The predicted molar refractivity (Wildman–Crippen MR) is 67.8 cm³/mol. The molecule has 0 amide bonds. The fourth-order valence-electron chi connectivity index (χ4n) is 1.78. The predicted octanol–water partition coefficient (Wildman–Crippen LogP) is 3.17. The maximum atomic E-state index is 12.0. The zero-order chi connectivity index (χ0) is 13.3. The van der Waals surface area contributed by atoms with E-state index < -0.39 is 0 Å². The SMILES string of the molecule is CC(C)(C)CCC1OCC(C(=O)C(C)(C)C)O1. The number of hydrogen-bond donors (Lipinski definition) is 0. The molecule has 0 N–H and O–H groups in total. The van der Waals surface area contributed by atoms with Gasteiger partial charge in [-0.3, -0.25) is 4.79 Å². The molecule has 1 aliphatic rings. The van der Waals surface area contributed by atoms with E-state index in [4.69, 9.17) is 9.47 Å². The minimum Gasteiger partial charge on any atom is -0.349 e. The molecule has 0 spiro atoms. The van der Waals surface area contributed by atoms with Crippen molar-refractivity contribution in [3.8, 4) is 0 Å². The molecule has 1 saturated heterocycles. The molecule has 2 unspecified atom stereocenters. The Kier molecular flexibility index (Phi) is 4.37. The van der Waals surface area contributed by atoms with Crippen molar-refractivity contribution in [1.29, 1.82) is 0 Å². The van der Waals surface area contributed by atoms with Gasteiger partial charge in [0.25, 0.3) is 0 Å². The van der Waals surface area contributed by atoms with Crippen molar-refractivity contribution in [3.63, 3.8) is 0 Å². The Balaban J connectivity index is 2.40. The van der Waals surface area contributed by atoms with Crippen LogP contribution in [0.3, 0.4) is 0 Å². The van der Waals surface area contributed by atoms with E-state index >= 15 is 0 Å². The van der Waals surface area contributed by atoms with Crippen LogP contribution in [0, 0.1) is 10.8 Å². The summed E-state index contributed by atoms with van der Waals surface area (Å²) in [6.07, 6.45) is 1.32. The third kappa shape index (κ3) is 4.76. The van der Waals surface area contributed by atoms with Crippen molar-refractivity contribution < 1.29 is 14.3 Å². The lowest BCUT2D eigenvalue weighted by Gasteiger charge is -2.22. The van der Waals surface area contributed by atoms with Gasteiger partial charge in [-0.15, -0.1) is 0 Å². The van der Waals surface area contributed by atoms with Crippen molar-refractivity contribution in [2.45, 2.75) is 66.8 Å². The number of carbonyl (C=O) groups excluding carboxylic acids is 1. The van der Waals surface area contributed by atoms with Crippen molar-refractivity contribution in [3.05, 3.63) is 0 Å². The smallest absolute Gasteiger partial charge is 0.169 e. The number of carbonyl (C=O) groups is 1. The van der Waals surface area contributed by atoms with Crippen LogP contribution in [0.4, 0.5) is 0 Å². The largest absolute Gasteiger partial charge is 0.349 e. The van der Waals surface area contributed by atoms with E-state index in [1.807, 2.05) is 20.8 Å². The molecule has 0 saturated carbocycles. The fraction of sp³-hybridized carbons (Fsp3) is 0.929. The highest BCUT2D eigenvalue weighted by Gasteiger charge is 2.37. The summed E-state index contributed by atoms with van der Waals surface area (Å²) in [7, 11) is 0. The Bertz CT molecular complexity index is 270. The number of hydrogen-bond acceptors (Lipinski definition) is 3. The van der Waals surface area contributed by atoms with Crippen LogP contribution in [0.2, 0.25) is 0 Å². The summed E-state index contributed by atoms with van der Waals surface area (Å²) in [5, 5.41) is 0. The van der Waals surface area contributed by atoms with Gasteiger partial charge in [0.05, 0.1) is 6.61 Å². The molecule has 0 aromatic heterocycles. The van der Waals surface area contributed by atoms with Crippen LogP contribution in [-0.4, -0.2) is 24.8 Å². The number of rotatable bonds is 3. The third-order valence-electron chi connectivity index (χ3n) is 2.91. The molecule has 3 nitrogen and oxygen atoms in total. The lowest BCUT2D eigenvalue weighted by molar-refractivity contribution is -0.139. The Morgan fingerprint density at radius 1 is 1.18 bits per heavy atom. The third-order valence-corrected chi connectivity index (χ3v) is 2.91. The van der Waals surface area contributed by atoms with Gasteiger partial charge in [-0.1, -0.05) is 41.5 Å². The first-order valence-corrected chi connectivity index (χ1v) is 6.41. The van der Waals surface area contributed by atoms with E-state index in [-0.39, 0.29) is 29.0 Å². The van der Waals surface area contributed by atoms with Crippen molar-refractivity contribution in [2.75, 3.05) is 6.61 Å². The van der Waals surface area contributed by atoms with Gasteiger partial charge in [-0.05, 0) is 18.3 Å². The summed E-state index contributed by atoms with van der Waals surface area (Å²) in [4.78, 5) is 12.0. The van der Waals surface area contributed by atoms with Crippen LogP contribution in [-0.2, 0) is 14.3 Å². The molecule has 1 fully saturated rings. The Morgan fingerprint density at radius 2 is 1.76 bits per heavy atom. The van der Waals surface area contributed by atoms with Crippen LogP contribution < -0.4 is 0 Å². The summed E-state index contributed by atoms with van der Waals surface area (Å²) in [6.45, 7) is 12.7. The Labute approximate surface area is 105 Å². The van der Waals surface area contributed by atoms with Crippen LogP contribution in [0.5, 0.6) is 0 Å². The van der Waals surface area contributed by atoms with Gasteiger partial charge >= 0.3 is 0 Å². The minimum atomic E-state index is -0.375. The van der Waals surface area contributed by atoms with Crippen LogP contribution in [0.25, 0.3) is 0 Å². The molecule has 1 aliphatic heterocycles. The molecule has 1 heterocycles. The Morgan fingerprint density at radius 3 is 2.24 bits per heavy atom. The second kappa shape index (κ2) is 5.07. The zero-order valence-electron chi connectivity index (χ0n) is 12.0. The van der Waals surface area contributed by atoms with Gasteiger partial charge in [0.15, 0.2) is 12.1 Å². The van der Waals surface area contributed by atoms with Crippen molar-refractivity contribution >= 4 is 5.78 Å². The lowest BCUT2D eigenvalue weighted by Crippen LogP contribution is -2.34. The number of ether oxygens (including phenoxy) is 2. The van der Waals surface area contributed by atoms with Gasteiger partial charge < -0.3 is 9.47 Å². The van der Waals surface area contributed by atoms with Crippen molar-refractivity contribution in [1.82, 2.24) is 0 Å². The summed E-state index contributed by atoms with van der Waals surface area (Å²) in [5.74, 6) is 0.135. The second-order valence-electron chi connectivity index (χ2n) is 7.10. The molecule has 0 aliphatic carbocycles. The molecule has 2 atom stereocenters. The van der Waals surface area contributed by atoms with E-state index in [1.54, 1.807) is 0 Å². The summed E-state index contributed by atoms with van der Waals surface area (Å²) >= 11 is 0. The monoisotopic (exact) mass is 242 g/mol. The highest BCUT2D eigenvalue weighted by molar-refractivity contribution is 5.88. The summed E-state index contributed by atoms with van der Waals surface area (Å²) in [6, 6.07) is 0. The maximum absolute atomic E-state index is 12.0. The minimum absolute atomic E-state index is 0.135. The number of ketones is 1. The van der Waals surface area contributed by atoms with E-state index in [2.05, 4.69) is 20.8 Å². The van der Waals surface area contributed by atoms with Gasteiger partial charge in [-0.25, -0.2) is 0 Å².